The second-order valence-corrected chi connectivity index (χ2v) is 5.31. The summed E-state index contributed by atoms with van der Waals surface area (Å²) in [6.45, 7) is 1.99. The van der Waals surface area contributed by atoms with Crippen molar-refractivity contribution in [3.8, 4) is 11.3 Å². The number of ether oxygens (including phenoxy) is 2. The van der Waals surface area contributed by atoms with Crippen molar-refractivity contribution in [3.05, 3.63) is 47.7 Å². The minimum Gasteiger partial charge on any atom is -0.453 e. The van der Waals surface area contributed by atoms with Crippen LogP contribution in [0.1, 0.15) is 22.2 Å². The summed E-state index contributed by atoms with van der Waals surface area (Å²) in [5.74, 6) is 1.04. The first kappa shape index (κ1) is 12.8. The molecular formula is C16H15NO4. The Labute approximate surface area is 122 Å². The molecule has 2 saturated heterocycles. The van der Waals surface area contributed by atoms with Crippen molar-refractivity contribution in [2.45, 2.75) is 12.1 Å². The van der Waals surface area contributed by atoms with Crippen molar-refractivity contribution in [3.63, 3.8) is 0 Å². The third-order valence-corrected chi connectivity index (χ3v) is 4.05. The Kier molecular flexibility index (Phi) is 3.11. The lowest BCUT2D eigenvalue weighted by atomic mass is 10.0. The molecule has 2 aliphatic heterocycles. The lowest BCUT2D eigenvalue weighted by Gasteiger charge is -2.16. The van der Waals surface area contributed by atoms with Crippen LogP contribution >= 0.6 is 0 Å². The van der Waals surface area contributed by atoms with E-state index in [1.54, 1.807) is 12.1 Å². The van der Waals surface area contributed by atoms with Crippen LogP contribution in [-0.2, 0) is 9.47 Å². The zero-order chi connectivity index (χ0) is 14.2. The van der Waals surface area contributed by atoms with Crippen LogP contribution in [0.4, 0.5) is 0 Å². The Morgan fingerprint density at radius 2 is 1.95 bits per heavy atom. The number of carbonyl (C=O) groups excluding carboxylic acids is 1. The van der Waals surface area contributed by atoms with Gasteiger partial charge in [0.2, 0.25) is 0 Å². The smallest absolute Gasteiger partial charge is 0.185 e. The summed E-state index contributed by atoms with van der Waals surface area (Å²) >= 11 is 0. The molecule has 3 heterocycles. The average Bonchev–Trinajstić information content (AvgIpc) is 3.23. The molecule has 5 nitrogen and oxygen atoms in total. The molecule has 4 rings (SSSR count). The van der Waals surface area contributed by atoms with Crippen LogP contribution in [0.25, 0.3) is 11.3 Å². The molecule has 1 aromatic carbocycles. The van der Waals surface area contributed by atoms with Crippen LogP contribution in [-0.4, -0.2) is 37.3 Å². The second-order valence-electron chi connectivity index (χ2n) is 5.31. The highest BCUT2D eigenvalue weighted by Crippen LogP contribution is 2.34. The van der Waals surface area contributed by atoms with Gasteiger partial charge in [-0.3, -0.25) is 4.79 Å². The Morgan fingerprint density at radius 1 is 1.10 bits per heavy atom. The van der Waals surface area contributed by atoms with Crippen LogP contribution in [0.5, 0.6) is 0 Å². The highest BCUT2D eigenvalue weighted by molar-refractivity contribution is 5.72. The molecule has 0 N–H and O–H groups in total. The summed E-state index contributed by atoms with van der Waals surface area (Å²) in [7, 11) is 0. The summed E-state index contributed by atoms with van der Waals surface area (Å²) in [4.78, 5) is 12.9. The number of carbonyl (C=O) groups is 1. The molecule has 0 spiro atoms. The fourth-order valence-corrected chi connectivity index (χ4v) is 2.92. The van der Waals surface area contributed by atoms with Gasteiger partial charge in [0.05, 0.1) is 12.6 Å². The van der Waals surface area contributed by atoms with Gasteiger partial charge in [0, 0.05) is 5.56 Å². The van der Waals surface area contributed by atoms with Crippen molar-refractivity contribution in [2.75, 3.05) is 20.1 Å². The minimum atomic E-state index is 0.0590. The maximum atomic E-state index is 10.7. The molecular weight excluding hydrogens is 270 g/mol. The van der Waals surface area contributed by atoms with Gasteiger partial charge in [-0.05, 0) is 17.7 Å². The average molecular weight is 285 g/mol. The van der Waals surface area contributed by atoms with E-state index in [-0.39, 0.29) is 6.10 Å². The molecule has 2 aliphatic rings. The summed E-state index contributed by atoms with van der Waals surface area (Å²) < 4.78 is 16.7. The van der Waals surface area contributed by atoms with Crippen LogP contribution in [0.2, 0.25) is 0 Å². The zero-order valence-corrected chi connectivity index (χ0v) is 11.4. The van der Waals surface area contributed by atoms with Crippen molar-refractivity contribution in [1.82, 2.24) is 4.90 Å². The van der Waals surface area contributed by atoms with Gasteiger partial charge >= 0.3 is 0 Å². The number of fused-ring (bicyclic) bond motifs is 1. The highest BCUT2D eigenvalue weighted by atomic mass is 16.6. The Hall–Kier alpha value is -1.95. The van der Waals surface area contributed by atoms with Crippen molar-refractivity contribution < 1.29 is 18.7 Å². The maximum absolute atomic E-state index is 10.7. The van der Waals surface area contributed by atoms with Gasteiger partial charge < -0.3 is 13.9 Å². The molecule has 21 heavy (non-hydrogen) atoms. The van der Waals surface area contributed by atoms with Gasteiger partial charge in [-0.25, -0.2) is 4.90 Å². The quantitative estimate of drug-likeness (QED) is 0.811. The second kappa shape index (κ2) is 5.11. The summed E-state index contributed by atoms with van der Waals surface area (Å²) in [5.41, 5.74) is 2.09. The van der Waals surface area contributed by atoms with Crippen LogP contribution in [0.3, 0.4) is 0 Å². The van der Waals surface area contributed by atoms with Crippen molar-refractivity contribution >= 4 is 6.29 Å². The third kappa shape index (κ3) is 2.19. The molecule has 2 fully saturated rings. The molecule has 0 aliphatic carbocycles. The number of hydrogen-bond donors (Lipinski definition) is 0. The fraction of sp³-hybridized carbons (Fsp3) is 0.312. The zero-order valence-electron chi connectivity index (χ0n) is 11.4. The number of benzene rings is 1. The minimum absolute atomic E-state index is 0.0590. The Bertz CT molecular complexity index is 649. The molecule has 1 aromatic heterocycles. The predicted octanol–water partition coefficient (Wildman–Crippen LogP) is 2.45. The summed E-state index contributed by atoms with van der Waals surface area (Å²) in [5, 5.41) is 0. The lowest BCUT2D eigenvalue weighted by molar-refractivity contribution is 0.0370. The summed E-state index contributed by atoms with van der Waals surface area (Å²) in [6.07, 6.45) is 0.766. The van der Waals surface area contributed by atoms with Crippen molar-refractivity contribution in [1.29, 1.82) is 0 Å². The van der Waals surface area contributed by atoms with Gasteiger partial charge in [0.15, 0.2) is 12.0 Å². The molecule has 2 aromatic rings. The predicted molar refractivity (Wildman–Crippen MR) is 74.7 cm³/mol. The standard InChI is InChI=1S/C16H15NO4/c18-7-13-5-6-15(21-13)11-1-3-12(4-2-11)16-14-8-19-9-17(14)10-20-16/h1-7,14,16H,8-10H2. The number of hydrogen-bond acceptors (Lipinski definition) is 5. The van der Waals surface area contributed by atoms with Gasteiger partial charge in [0.1, 0.15) is 25.3 Å². The van der Waals surface area contributed by atoms with E-state index in [9.17, 15) is 4.79 Å². The first-order valence-corrected chi connectivity index (χ1v) is 6.94. The van der Waals surface area contributed by atoms with E-state index in [2.05, 4.69) is 4.90 Å². The number of rotatable bonds is 3. The number of aldehydes is 1. The van der Waals surface area contributed by atoms with Gasteiger partial charge in [-0.1, -0.05) is 24.3 Å². The van der Waals surface area contributed by atoms with E-state index in [1.165, 1.54) is 0 Å². The van der Waals surface area contributed by atoms with Gasteiger partial charge in [-0.2, -0.15) is 0 Å². The maximum Gasteiger partial charge on any atom is 0.185 e. The Balaban J connectivity index is 1.57. The summed E-state index contributed by atoms with van der Waals surface area (Å²) in [6, 6.07) is 11.9. The SMILES string of the molecule is O=Cc1ccc(-c2ccc(C3OCN4COCC34)cc2)o1. The van der Waals surface area contributed by atoms with Gasteiger partial charge in [0.25, 0.3) is 0 Å². The van der Waals surface area contributed by atoms with Crippen LogP contribution in [0.15, 0.2) is 40.8 Å². The molecule has 108 valence electrons. The first-order chi connectivity index (χ1) is 10.3. The monoisotopic (exact) mass is 285 g/mol. The number of furan rings is 1. The molecule has 2 atom stereocenters. The fourth-order valence-electron chi connectivity index (χ4n) is 2.92. The van der Waals surface area contributed by atoms with E-state index < -0.39 is 0 Å². The topological polar surface area (TPSA) is 51.9 Å². The molecule has 0 amide bonds. The van der Waals surface area contributed by atoms with Crippen LogP contribution < -0.4 is 0 Å². The third-order valence-electron chi connectivity index (χ3n) is 4.05. The highest BCUT2D eigenvalue weighted by Gasteiger charge is 2.39. The normalized spacial score (nSPS) is 25.1. The van der Waals surface area contributed by atoms with Gasteiger partial charge in [-0.15, -0.1) is 0 Å². The first-order valence-electron chi connectivity index (χ1n) is 6.94. The van der Waals surface area contributed by atoms with E-state index in [0.29, 0.717) is 43.9 Å². The molecule has 5 heteroatoms. The van der Waals surface area contributed by atoms with E-state index in [4.69, 9.17) is 13.9 Å². The molecule has 0 bridgehead atoms. The lowest BCUT2D eigenvalue weighted by Crippen LogP contribution is -2.27. The molecule has 0 saturated carbocycles. The molecule has 0 radical (unpaired) electrons. The number of nitrogens with zero attached hydrogens (tertiary/aromatic N) is 1. The van der Waals surface area contributed by atoms with E-state index >= 15 is 0 Å². The van der Waals surface area contributed by atoms with E-state index in [1.807, 2.05) is 24.3 Å². The molecule has 2 unspecified atom stereocenters. The van der Waals surface area contributed by atoms with Crippen molar-refractivity contribution in [2.24, 2.45) is 0 Å². The van der Waals surface area contributed by atoms with Crippen LogP contribution in [0, 0.1) is 0 Å². The van der Waals surface area contributed by atoms with E-state index in [0.717, 1.165) is 11.1 Å². The largest absolute Gasteiger partial charge is 0.453 e. The Morgan fingerprint density at radius 3 is 2.71 bits per heavy atom.